The van der Waals surface area contributed by atoms with Gasteiger partial charge in [-0.25, -0.2) is 9.79 Å². The lowest BCUT2D eigenvalue weighted by atomic mass is 9.94. The molecule has 5 heteroatoms. The number of rotatable bonds is 3. The number of urea groups is 1. The van der Waals surface area contributed by atoms with Crippen molar-refractivity contribution in [2.45, 2.75) is 45.6 Å². The minimum Gasteiger partial charge on any atom is -0.370 e. The van der Waals surface area contributed by atoms with Crippen LogP contribution in [0.5, 0.6) is 0 Å². The second-order valence-electron chi connectivity index (χ2n) is 5.14. The number of guanidine groups is 1. The molecule has 0 heterocycles. The number of carbonyl (C=O) groups is 1. The molecule has 20 heavy (non-hydrogen) atoms. The van der Waals surface area contributed by atoms with Gasteiger partial charge in [0.1, 0.15) is 0 Å². The standard InChI is InChI=1S/C15H22N4O/c1-3-11-7-4-6-10(2)13(11)18-15(20)19-14(16)17-12-8-5-9-12/h4,6-7,12H,3,5,8-9H2,1-2H3,(H4,16,17,18,19,20). The third kappa shape index (κ3) is 3.50. The summed E-state index contributed by atoms with van der Waals surface area (Å²) in [5, 5.41) is 5.44. The molecule has 1 saturated carbocycles. The van der Waals surface area contributed by atoms with Gasteiger partial charge in [-0.3, -0.25) is 5.32 Å². The normalized spacial score (nSPS) is 15.6. The lowest BCUT2D eigenvalue weighted by molar-refractivity contribution is 0.256. The van der Waals surface area contributed by atoms with Crippen LogP contribution in [0.15, 0.2) is 23.2 Å². The zero-order chi connectivity index (χ0) is 14.5. The Morgan fingerprint density at radius 1 is 1.45 bits per heavy atom. The number of hydrogen-bond acceptors (Lipinski definition) is 2. The first-order valence-corrected chi connectivity index (χ1v) is 7.10. The number of nitrogens with two attached hydrogens (primary N) is 1. The van der Waals surface area contributed by atoms with E-state index in [4.69, 9.17) is 5.73 Å². The zero-order valence-corrected chi connectivity index (χ0v) is 12.1. The molecule has 0 bridgehead atoms. The monoisotopic (exact) mass is 274 g/mol. The van der Waals surface area contributed by atoms with Crippen molar-refractivity contribution in [3.63, 3.8) is 0 Å². The van der Waals surface area contributed by atoms with Crippen LogP contribution in [0.25, 0.3) is 0 Å². The molecule has 0 aliphatic heterocycles. The van der Waals surface area contributed by atoms with E-state index in [1.54, 1.807) is 0 Å². The van der Waals surface area contributed by atoms with Gasteiger partial charge < -0.3 is 11.1 Å². The van der Waals surface area contributed by atoms with E-state index in [-0.39, 0.29) is 18.0 Å². The molecule has 1 aromatic carbocycles. The molecular formula is C15H22N4O. The number of para-hydroxylation sites is 1. The van der Waals surface area contributed by atoms with Crippen molar-refractivity contribution in [3.05, 3.63) is 29.3 Å². The molecule has 0 spiro atoms. The van der Waals surface area contributed by atoms with Crippen molar-refractivity contribution in [3.8, 4) is 0 Å². The van der Waals surface area contributed by atoms with E-state index in [2.05, 4.69) is 22.5 Å². The molecule has 108 valence electrons. The Morgan fingerprint density at radius 2 is 2.20 bits per heavy atom. The summed E-state index contributed by atoms with van der Waals surface area (Å²) in [5.74, 6) is 0.193. The SMILES string of the molecule is CCc1cccc(C)c1NC(=O)NC(N)=NC1CCC1. The Bertz CT molecular complexity index is 521. The number of amides is 2. The fraction of sp³-hybridized carbons (Fsp3) is 0.467. The van der Waals surface area contributed by atoms with Gasteiger partial charge in [0, 0.05) is 5.69 Å². The molecule has 1 fully saturated rings. The van der Waals surface area contributed by atoms with E-state index >= 15 is 0 Å². The number of benzene rings is 1. The molecule has 0 atom stereocenters. The van der Waals surface area contributed by atoms with Gasteiger partial charge in [-0.1, -0.05) is 25.1 Å². The van der Waals surface area contributed by atoms with Gasteiger partial charge in [-0.2, -0.15) is 0 Å². The Hall–Kier alpha value is -2.04. The maximum Gasteiger partial charge on any atom is 0.326 e. The van der Waals surface area contributed by atoms with Gasteiger partial charge >= 0.3 is 6.03 Å². The van der Waals surface area contributed by atoms with Crippen LogP contribution in [-0.2, 0) is 6.42 Å². The van der Waals surface area contributed by atoms with Crippen molar-refractivity contribution in [1.29, 1.82) is 0 Å². The van der Waals surface area contributed by atoms with E-state index in [0.717, 1.165) is 36.1 Å². The van der Waals surface area contributed by atoms with Crippen molar-refractivity contribution in [2.24, 2.45) is 10.7 Å². The Morgan fingerprint density at radius 3 is 2.80 bits per heavy atom. The number of anilines is 1. The molecular weight excluding hydrogens is 252 g/mol. The molecule has 0 aromatic heterocycles. The maximum absolute atomic E-state index is 11.9. The fourth-order valence-electron chi connectivity index (χ4n) is 2.21. The van der Waals surface area contributed by atoms with Gasteiger partial charge in [-0.15, -0.1) is 0 Å². The molecule has 1 aliphatic rings. The molecule has 0 unspecified atom stereocenters. The number of aliphatic imine (C=N–C) groups is 1. The third-order valence-corrected chi connectivity index (χ3v) is 3.62. The molecule has 2 rings (SSSR count). The summed E-state index contributed by atoms with van der Waals surface area (Å²) in [5.41, 5.74) is 8.72. The Labute approximate surface area is 119 Å². The van der Waals surface area contributed by atoms with Gasteiger partial charge in [-0.05, 0) is 43.7 Å². The topological polar surface area (TPSA) is 79.5 Å². The van der Waals surface area contributed by atoms with Crippen LogP contribution in [0.1, 0.15) is 37.3 Å². The minimum absolute atomic E-state index is 0.193. The summed E-state index contributed by atoms with van der Waals surface area (Å²) in [4.78, 5) is 16.2. The predicted molar refractivity (Wildman–Crippen MR) is 82.0 cm³/mol. The van der Waals surface area contributed by atoms with Crippen LogP contribution in [0.4, 0.5) is 10.5 Å². The smallest absolute Gasteiger partial charge is 0.326 e. The van der Waals surface area contributed by atoms with Crippen molar-refractivity contribution >= 4 is 17.7 Å². The van der Waals surface area contributed by atoms with E-state index in [9.17, 15) is 4.79 Å². The first kappa shape index (κ1) is 14.4. The number of hydrogen-bond donors (Lipinski definition) is 3. The molecule has 1 aromatic rings. The minimum atomic E-state index is -0.338. The summed E-state index contributed by atoms with van der Waals surface area (Å²) >= 11 is 0. The van der Waals surface area contributed by atoms with Gasteiger partial charge in [0.2, 0.25) is 0 Å². The van der Waals surface area contributed by atoms with Gasteiger partial charge in [0.15, 0.2) is 5.96 Å². The zero-order valence-electron chi connectivity index (χ0n) is 12.1. The molecule has 1 aliphatic carbocycles. The highest BCUT2D eigenvalue weighted by Crippen LogP contribution is 2.22. The maximum atomic E-state index is 11.9. The van der Waals surface area contributed by atoms with Crippen molar-refractivity contribution in [2.75, 3.05) is 5.32 Å². The van der Waals surface area contributed by atoms with E-state index in [0.29, 0.717) is 0 Å². The molecule has 4 N–H and O–H groups in total. The third-order valence-electron chi connectivity index (χ3n) is 3.62. The molecule has 0 radical (unpaired) electrons. The lowest BCUT2D eigenvalue weighted by Gasteiger charge is -2.21. The number of aryl methyl sites for hydroxylation is 2. The summed E-state index contributed by atoms with van der Waals surface area (Å²) in [6.45, 7) is 4.03. The van der Waals surface area contributed by atoms with E-state index in [1.165, 1.54) is 6.42 Å². The molecule has 0 saturated heterocycles. The highest BCUT2D eigenvalue weighted by atomic mass is 16.2. The van der Waals surface area contributed by atoms with Crippen LogP contribution in [0, 0.1) is 6.92 Å². The first-order chi connectivity index (χ1) is 9.60. The predicted octanol–water partition coefficient (Wildman–Crippen LogP) is 2.55. The van der Waals surface area contributed by atoms with E-state index in [1.807, 2.05) is 25.1 Å². The number of carbonyl (C=O) groups excluding carboxylic acids is 1. The lowest BCUT2D eigenvalue weighted by Crippen LogP contribution is -2.41. The summed E-state index contributed by atoms with van der Waals surface area (Å²) in [7, 11) is 0. The second-order valence-corrected chi connectivity index (χ2v) is 5.14. The summed E-state index contributed by atoms with van der Waals surface area (Å²) in [6, 6.07) is 5.91. The Kier molecular flexibility index (Phi) is 4.61. The van der Waals surface area contributed by atoms with Crippen LogP contribution in [-0.4, -0.2) is 18.0 Å². The van der Waals surface area contributed by atoms with Crippen LogP contribution < -0.4 is 16.4 Å². The first-order valence-electron chi connectivity index (χ1n) is 7.10. The van der Waals surface area contributed by atoms with Gasteiger partial charge in [0.05, 0.1) is 6.04 Å². The number of nitrogens with zero attached hydrogens (tertiary/aromatic N) is 1. The largest absolute Gasteiger partial charge is 0.370 e. The highest BCUT2D eigenvalue weighted by molar-refractivity contribution is 6.02. The molecule has 2 amide bonds. The Balaban J connectivity index is 1.99. The van der Waals surface area contributed by atoms with Crippen LogP contribution in [0.2, 0.25) is 0 Å². The van der Waals surface area contributed by atoms with Gasteiger partial charge in [0.25, 0.3) is 0 Å². The fourth-order valence-corrected chi connectivity index (χ4v) is 2.21. The second kappa shape index (κ2) is 6.41. The van der Waals surface area contributed by atoms with Crippen molar-refractivity contribution < 1.29 is 4.79 Å². The van der Waals surface area contributed by atoms with E-state index < -0.39 is 0 Å². The highest BCUT2D eigenvalue weighted by Gasteiger charge is 2.17. The summed E-state index contributed by atoms with van der Waals surface area (Å²) in [6.07, 6.45) is 4.17. The van der Waals surface area contributed by atoms with Crippen molar-refractivity contribution in [1.82, 2.24) is 5.32 Å². The summed E-state index contributed by atoms with van der Waals surface area (Å²) < 4.78 is 0. The molecule has 5 nitrogen and oxygen atoms in total. The van der Waals surface area contributed by atoms with Crippen LogP contribution in [0.3, 0.4) is 0 Å². The quantitative estimate of drug-likeness (QED) is 0.585. The van der Waals surface area contributed by atoms with Crippen LogP contribution >= 0.6 is 0 Å². The average Bonchev–Trinajstić information content (AvgIpc) is 2.36. The average molecular weight is 274 g/mol. The number of nitrogens with one attached hydrogen (secondary N) is 2.